The number of amides is 1. The Morgan fingerprint density at radius 1 is 1.46 bits per heavy atom. The van der Waals surface area contributed by atoms with Gasteiger partial charge in [0.25, 0.3) is 0 Å². The lowest BCUT2D eigenvalue weighted by Crippen LogP contribution is -2.45. The summed E-state index contributed by atoms with van der Waals surface area (Å²) in [4.78, 5) is 18.5. The van der Waals surface area contributed by atoms with E-state index < -0.39 is 0 Å². The zero-order valence-electron chi connectivity index (χ0n) is 15.4. The van der Waals surface area contributed by atoms with Crippen molar-refractivity contribution in [1.29, 1.82) is 0 Å². The van der Waals surface area contributed by atoms with Crippen LogP contribution in [0, 0.1) is 11.7 Å². The molecule has 26 heavy (non-hydrogen) atoms. The van der Waals surface area contributed by atoms with Crippen molar-refractivity contribution in [2.24, 2.45) is 10.9 Å². The molecule has 1 aliphatic rings. The molecule has 2 rings (SSSR count). The topological polar surface area (TPSA) is 56.7 Å². The second-order valence-electron chi connectivity index (χ2n) is 6.51. The lowest BCUT2D eigenvalue weighted by Gasteiger charge is -2.20. The van der Waals surface area contributed by atoms with Gasteiger partial charge < -0.3 is 15.5 Å². The number of benzene rings is 1. The second-order valence-corrected chi connectivity index (χ2v) is 7.37. The molecule has 5 nitrogen and oxygen atoms in total. The highest BCUT2D eigenvalue weighted by Gasteiger charge is 2.27. The minimum atomic E-state index is -0.288. The minimum Gasteiger partial charge on any atom is -0.357 e. The van der Waals surface area contributed by atoms with Crippen LogP contribution < -0.4 is 10.6 Å². The molecule has 1 amide bonds. The fraction of sp³-hybridized carbons (Fsp3) is 0.556. The summed E-state index contributed by atoms with van der Waals surface area (Å²) < 4.78 is 14.0. The largest absolute Gasteiger partial charge is 0.357 e. The van der Waals surface area contributed by atoms with Crippen LogP contribution in [0.1, 0.15) is 32.8 Å². The lowest BCUT2D eigenvalue weighted by molar-refractivity contribution is -0.133. The Balaban J connectivity index is 0.00000338. The molecule has 0 bridgehead atoms. The molecular formula is C18H27BrFIN4O. The van der Waals surface area contributed by atoms with Crippen LogP contribution in [0.15, 0.2) is 27.7 Å². The van der Waals surface area contributed by atoms with E-state index in [0.29, 0.717) is 23.5 Å². The summed E-state index contributed by atoms with van der Waals surface area (Å²) in [5.41, 5.74) is 0.806. The van der Waals surface area contributed by atoms with Gasteiger partial charge in [-0.1, -0.05) is 19.9 Å². The van der Waals surface area contributed by atoms with Crippen molar-refractivity contribution in [2.75, 3.05) is 19.6 Å². The molecule has 1 atom stereocenters. The summed E-state index contributed by atoms with van der Waals surface area (Å²) in [6.45, 7) is 8.43. The first kappa shape index (κ1) is 23.1. The van der Waals surface area contributed by atoms with Crippen LogP contribution in [-0.2, 0) is 11.3 Å². The van der Waals surface area contributed by atoms with Crippen molar-refractivity contribution in [1.82, 2.24) is 15.5 Å². The number of rotatable bonds is 5. The van der Waals surface area contributed by atoms with Gasteiger partial charge in [0.1, 0.15) is 5.82 Å². The average molecular weight is 541 g/mol. The van der Waals surface area contributed by atoms with Crippen molar-refractivity contribution < 1.29 is 9.18 Å². The first-order valence-corrected chi connectivity index (χ1v) is 9.47. The molecule has 0 saturated carbocycles. The fourth-order valence-corrected chi connectivity index (χ4v) is 3.01. The third-order valence-corrected chi connectivity index (χ3v) is 4.73. The third kappa shape index (κ3) is 6.68. The minimum absolute atomic E-state index is 0. The molecule has 1 aliphatic heterocycles. The Morgan fingerprint density at radius 2 is 2.19 bits per heavy atom. The number of hydrogen-bond donors (Lipinski definition) is 2. The molecule has 0 aromatic heterocycles. The van der Waals surface area contributed by atoms with Crippen LogP contribution in [0.5, 0.6) is 0 Å². The van der Waals surface area contributed by atoms with E-state index in [-0.39, 0.29) is 47.7 Å². The second kappa shape index (κ2) is 11.1. The fourth-order valence-electron chi connectivity index (χ4n) is 2.77. The highest BCUT2D eigenvalue weighted by Crippen LogP contribution is 2.17. The van der Waals surface area contributed by atoms with Crippen molar-refractivity contribution in [3.63, 3.8) is 0 Å². The summed E-state index contributed by atoms with van der Waals surface area (Å²) in [5, 5.41) is 6.58. The van der Waals surface area contributed by atoms with E-state index in [0.717, 1.165) is 25.1 Å². The summed E-state index contributed by atoms with van der Waals surface area (Å²) in [6.07, 6.45) is 0.899. The zero-order valence-corrected chi connectivity index (χ0v) is 19.3. The van der Waals surface area contributed by atoms with Crippen LogP contribution in [0.25, 0.3) is 0 Å². The molecule has 1 unspecified atom stereocenters. The van der Waals surface area contributed by atoms with Gasteiger partial charge in [0, 0.05) is 31.6 Å². The SMILES string of the molecule is CCNC(=NCc1ccc(Br)c(F)c1)NC1CCN(C(=O)C(C)C)C1.I. The van der Waals surface area contributed by atoms with Crippen molar-refractivity contribution in [3.05, 3.63) is 34.1 Å². The molecule has 1 aromatic carbocycles. The predicted octanol–water partition coefficient (Wildman–Crippen LogP) is 3.52. The maximum Gasteiger partial charge on any atom is 0.225 e. The van der Waals surface area contributed by atoms with Gasteiger partial charge in [0.05, 0.1) is 11.0 Å². The Bertz CT molecular complexity index is 642. The van der Waals surface area contributed by atoms with Crippen molar-refractivity contribution in [3.8, 4) is 0 Å². The van der Waals surface area contributed by atoms with Gasteiger partial charge in [0.15, 0.2) is 5.96 Å². The molecule has 0 spiro atoms. The highest BCUT2D eigenvalue weighted by atomic mass is 127. The molecule has 0 aliphatic carbocycles. The average Bonchev–Trinajstić information content (AvgIpc) is 3.03. The van der Waals surface area contributed by atoms with Crippen molar-refractivity contribution >= 4 is 51.8 Å². The van der Waals surface area contributed by atoms with Crippen LogP contribution >= 0.6 is 39.9 Å². The highest BCUT2D eigenvalue weighted by molar-refractivity contribution is 14.0. The maximum absolute atomic E-state index is 13.6. The number of likely N-dealkylation sites (tertiary alicyclic amines) is 1. The number of guanidine groups is 1. The van der Waals surface area contributed by atoms with E-state index in [9.17, 15) is 9.18 Å². The molecule has 1 saturated heterocycles. The van der Waals surface area contributed by atoms with Crippen LogP contribution in [0.3, 0.4) is 0 Å². The van der Waals surface area contributed by atoms with E-state index in [4.69, 9.17) is 0 Å². The molecule has 1 fully saturated rings. The van der Waals surface area contributed by atoms with E-state index in [2.05, 4.69) is 31.6 Å². The molecule has 1 heterocycles. The summed E-state index contributed by atoms with van der Waals surface area (Å²) in [7, 11) is 0. The zero-order chi connectivity index (χ0) is 18.4. The van der Waals surface area contributed by atoms with Gasteiger partial charge in [-0.3, -0.25) is 4.79 Å². The van der Waals surface area contributed by atoms with Gasteiger partial charge in [-0.2, -0.15) is 0 Å². The van der Waals surface area contributed by atoms with Crippen molar-refractivity contribution in [2.45, 2.75) is 39.8 Å². The first-order chi connectivity index (χ1) is 11.9. The molecule has 8 heteroatoms. The van der Waals surface area contributed by atoms with E-state index >= 15 is 0 Å². The quantitative estimate of drug-likeness (QED) is 0.341. The van der Waals surface area contributed by atoms with E-state index in [1.165, 1.54) is 6.07 Å². The predicted molar refractivity (Wildman–Crippen MR) is 117 cm³/mol. The summed E-state index contributed by atoms with van der Waals surface area (Å²) >= 11 is 3.15. The van der Waals surface area contributed by atoms with Gasteiger partial charge in [-0.15, -0.1) is 24.0 Å². The van der Waals surface area contributed by atoms with E-state index in [1.807, 2.05) is 31.7 Å². The number of carbonyl (C=O) groups excluding carboxylic acids is 1. The number of nitrogens with zero attached hydrogens (tertiary/aromatic N) is 2. The number of aliphatic imine (C=N–C) groups is 1. The number of halogens is 3. The Hall–Kier alpha value is -0.900. The molecule has 1 aromatic rings. The first-order valence-electron chi connectivity index (χ1n) is 8.68. The van der Waals surface area contributed by atoms with Gasteiger partial charge in [-0.25, -0.2) is 9.38 Å². The van der Waals surface area contributed by atoms with Gasteiger partial charge in [-0.05, 0) is 47.0 Å². The lowest BCUT2D eigenvalue weighted by atomic mass is 10.2. The Labute approximate surface area is 180 Å². The summed E-state index contributed by atoms with van der Waals surface area (Å²) in [6, 6.07) is 5.20. The van der Waals surface area contributed by atoms with Gasteiger partial charge in [0.2, 0.25) is 5.91 Å². The third-order valence-electron chi connectivity index (χ3n) is 4.08. The maximum atomic E-state index is 13.6. The Kier molecular flexibility index (Phi) is 9.84. The van der Waals surface area contributed by atoms with Crippen LogP contribution in [0.4, 0.5) is 4.39 Å². The molecule has 2 N–H and O–H groups in total. The number of carbonyl (C=O) groups is 1. The Morgan fingerprint density at radius 3 is 2.81 bits per heavy atom. The monoisotopic (exact) mass is 540 g/mol. The smallest absolute Gasteiger partial charge is 0.225 e. The van der Waals surface area contributed by atoms with Gasteiger partial charge >= 0.3 is 0 Å². The van der Waals surface area contributed by atoms with Crippen LogP contribution in [-0.4, -0.2) is 42.4 Å². The van der Waals surface area contributed by atoms with Crippen LogP contribution in [0.2, 0.25) is 0 Å². The number of hydrogen-bond acceptors (Lipinski definition) is 2. The molecule has 146 valence electrons. The summed E-state index contributed by atoms with van der Waals surface area (Å²) in [5.74, 6) is 0.614. The normalized spacial score (nSPS) is 17.2. The molecular weight excluding hydrogens is 514 g/mol. The standard InChI is InChI=1S/C18H26BrFN4O.HI/c1-4-21-18(22-10-13-5-6-15(19)16(20)9-13)23-14-7-8-24(11-14)17(25)12(2)3;/h5-6,9,12,14H,4,7-8,10-11H2,1-3H3,(H2,21,22,23);1H. The van der Waals surface area contributed by atoms with E-state index in [1.54, 1.807) is 6.07 Å². The number of nitrogens with one attached hydrogen (secondary N) is 2. The molecule has 0 radical (unpaired) electrons.